The molecule has 90 valence electrons. The lowest BCUT2D eigenvalue weighted by atomic mass is 9.87. The molecule has 2 atom stereocenters. The first kappa shape index (κ1) is 13.2. The molecule has 0 spiro atoms. The van der Waals surface area contributed by atoms with Gasteiger partial charge < -0.3 is 0 Å². The molecular formula is C15H24O. The highest BCUT2D eigenvalue weighted by Crippen LogP contribution is 2.25. The fourth-order valence-corrected chi connectivity index (χ4v) is 2.31. The van der Waals surface area contributed by atoms with Crippen molar-refractivity contribution in [3.8, 4) is 0 Å². The van der Waals surface area contributed by atoms with Crippen LogP contribution in [0.1, 0.15) is 52.9 Å². The van der Waals surface area contributed by atoms with Crippen molar-refractivity contribution in [1.29, 1.82) is 0 Å². The van der Waals surface area contributed by atoms with Gasteiger partial charge in [-0.1, -0.05) is 32.1 Å². The first-order chi connectivity index (χ1) is 7.65. The van der Waals surface area contributed by atoms with Gasteiger partial charge in [0.2, 0.25) is 0 Å². The number of hydrogen-bond acceptors (Lipinski definition) is 1. The van der Waals surface area contributed by atoms with E-state index >= 15 is 0 Å². The second-order valence-corrected chi connectivity index (χ2v) is 4.88. The summed E-state index contributed by atoms with van der Waals surface area (Å²) in [6.07, 6.45) is 12.4. The molecule has 16 heavy (non-hydrogen) atoms. The minimum atomic E-state index is 0.274. The van der Waals surface area contributed by atoms with E-state index < -0.39 is 0 Å². The highest BCUT2D eigenvalue weighted by molar-refractivity contribution is 5.78. The van der Waals surface area contributed by atoms with E-state index in [1.165, 1.54) is 18.4 Å². The third kappa shape index (κ3) is 3.96. The van der Waals surface area contributed by atoms with Crippen molar-refractivity contribution in [3.63, 3.8) is 0 Å². The molecule has 0 radical (unpaired) electrons. The summed E-state index contributed by atoms with van der Waals surface area (Å²) in [6, 6.07) is 0. The van der Waals surface area contributed by atoms with Gasteiger partial charge in [0, 0.05) is 5.92 Å². The molecule has 0 aromatic heterocycles. The highest BCUT2D eigenvalue weighted by atomic mass is 16.1. The molecule has 1 nitrogen and oxygen atoms in total. The van der Waals surface area contributed by atoms with Crippen LogP contribution in [0.25, 0.3) is 0 Å². The second-order valence-electron chi connectivity index (χ2n) is 4.88. The van der Waals surface area contributed by atoms with Gasteiger partial charge in [0.05, 0.1) is 0 Å². The summed E-state index contributed by atoms with van der Waals surface area (Å²) in [7, 11) is 0. The Balaban J connectivity index is 2.39. The van der Waals surface area contributed by atoms with Gasteiger partial charge in [-0.3, -0.25) is 4.79 Å². The Morgan fingerprint density at radius 1 is 1.38 bits per heavy atom. The molecule has 0 N–H and O–H groups in total. The average Bonchev–Trinajstić information content (AvgIpc) is 2.30. The van der Waals surface area contributed by atoms with Crippen LogP contribution in [0.4, 0.5) is 0 Å². The van der Waals surface area contributed by atoms with Gasteiger partial charge in [0.1, 0.15) is 5.78 Å². The van der Waals surface area contributed by atoms with Crippen LogP contribution in [0.3, 0.4) is 0 Å². The van der Waals surface area contributed by atoms with Crippen LogP contribution in [0.15, 0.2) is 23.8 Å². The third-order valence-electron chi connectivity index (χ3n) is 3.61. The average molecular weight is 220 g/mol. The van der Waals surface area contributed by atoms with Gasteiger partial charge in [0.25, 0.3) is 0 Å². The number of rotatable bonds is 6. The van der Waals surface area contributed by atoms with Gasteiger partial charge >= 0.3 is 0 Å². The van der Waals surface area contributed by atoms with Gasteiger partial charge in [-0.25, -0.2) is 0 Å². The maximum absolute atomic E-state index is 11.3. The quantitative estimate of drug-likeness (QED) is 0.652. The highest BCUT2D eigenvalue weighted by Gasteiger charge is 2.15. The maximum Gasteiger partial charge on any atom is 0.132 e. The lowest BCUT2D eigenvalue weighted by Gasteiger charge is -2.18. The Bertz CT molecular complexity index is 286. The van der Waals surface area contributed by atoms with E-state index in [1.54, 1.807) is 6.92 Å². The molecule has 1 rings (SSSR count). The molecule has 0 amide bonds. The van der Waals surface area contributed by atoms with E-state index in [-0.39, 0.29) is 5.92 Å². The van der Waals surface area contributed by atoms with Crippen LogP contribution in [-0.2, 0) is 4.79 Å². The van der Waals surface area contributed by atoms with Gasteiger partial charge in [0.15, 0.2) is 0 Å². The normalized spacial score (nSPS) is 19.1. The third-order valence-corrected chi connectivity index (χ3v) is 3.61. The zero-order valence-electron chi connectivity index (χ0n) is 10.8. The van der Waals surface area contributed by atoms with E-state index in [1.807, 2.05) is 0 Å². The van der Waals surface area contributed by atoms with Crippen LogP contribution < -0.4 is 0 Å². The number of ketones is 1. The summed E-state index contributed by atoms with van der Waals surface area (Å²) in [5.41, 5.74) is 1.46. The molecule has 0 heterocycles. The summed E-state index contributed by atoms with van der Waals surface area (Å²) in [4.78, 5) is 11.3. The van der Waals surface area contributed by atoms with Gasteiger partial charge in [-0.05, 0) is 50.5 Å². The molecule has 0 bridgehead atoms. The maximum atomic E-state index is 11.3. The molecule has 0 aromatic carbocycles. The zero-order chi connectivity index (χ0) is 12.0. The molecule has 0 aliphatic heterocycles. The molecule has 1 aliphatic carbocycles. The predicted octanol–water partition coefficient (Wildman–Crippen LogP) is 4.29. The molecule has 0 aromatic rings. The number of carbonyl (C=O) groups excluding carboxylic acids is 1. The molecule has 1 aliphatic rings. The zero-order valence-corrected chi connectivity index (χ0v) is 10.8. The van der Waals surface area contributed by atoms with Crippen molar-refractivity contribution < 1.29 is 4.79 Å². The first-order valence-corrected chi connectivity index (χ1v) is 6.52. The Kier molecular flexibility index (Phi) is 5.51. The fourth-order valence-electron chi connectivity index (χ4n) is 2.31. The largest absolute Gasteiger partial charge is 0.300 e. The van der Waals surface area contributed by atoms with Crippen molar-refractivity contribution in [2.75, 3.05) is 0 Å². The summed E-state index contributed by atoms with van der Waals surface area (Å²) in [5.74, 6) is 1.23. The van der Waals surface area contributed by atoms with E-state index in [0.717, 1.165) is 19.3 Å². The molecule has 2 unspecified atom stereocenters. The van der Waals surface area contributed by atoms with E-state index in [2.05, 4.69) is 32.1 Å². The standard InChI is InChI=1S/C15H24O/c1-4-14(13(3)16)11-10-12(2)15-8-6-5-7-9-15/h6,8-9,12,14H,4-5,7,10-11H2,1-3H3. The van der Waals surface area contributed by atoms with Crippen molar-refractivity contribution in [2.45, 2.75) is 52.9 Å². The summed E-state index contributed by atoms with van der Waals surface area (Å²) >= 11 is 0. The molecular weight excluding hydrogens is 196 g/mol. The van der Waals surface area contributed by atoms with Crippen LogP contribution in [0, 0.1) is 11.8 Å². The Morgan fingerprint density at radius 2 is 2.12 bits per heavy atom. The summed E-state index contributed by atoms with van der Waals surface area (Å²) in [5, 5.41) is 0. The van der Waals surface area contributed by atoms with Crippen LogP contribution >= 0.6 is 0 Å². The van der Waals surface area contributed by atoms with Crippen molar-refractivity contribution in [3.05, 3.63) is 23.8 Å². The van der Waals surface area contributed by atoms with Crippen molar-refractivity contribution in [1.82, 2.24) is 0 Å². The lowest BCUT2D eigenvalue weighted by Crippen LogP contribution is -2.12. The minimum absolute atomic E-state index is 0.274. The van der Waals surface area contributed by atoms with Crippen molar-refractivity contribution >= 4 is 5.78 Å². The summed E-state index contributed by atoms with van der Waals surface area (Å²) in [6.45, 7) is 6.10. The molecule has 0 saturated heterocycles. The smallest absolute Gasteiger partial charge is 0.132 e. The molecule has 0 saturated carbocycles. The van der Waals surface area contributed by atoms with Crippen LogP contribution in [0.2, 0.25) is 0 Å². The van der Waals surface area contributed by atoms with E-state index in [4.69, 9.17) is 0 Å². The summed E-state index contributed by atoms with van der Waals surface area (Å²) < 4.78 is 0. The number of allylic oxidation sites excluding steroid dienone is 4. The van der Waals surface area contributed by atoms with E-state index in [0.29, 0.717) is 11.7 Å². The molecule has 1 heteroatoms. The number of Topliss-reactive ketones (excluding diaryl/α,β-unsaturated/α-hetero) is 1. The topological polar surface area (TPSA) is 17.1 Å². The number of hydrogen-bond donors (Lipinski definition) is 0. The van der Waals surface area contributed by atoms with Crippen LogP contribution in [-0.4, -0.2) is 5.78 Å². The monoisotopic (exact) mass is 220 g/mol. The Labute approximate surface area is 99.6 Å². The van der Waals surface area contributed by atoms with Crippen LogP contribution in [0.5, 0.6) is 0 Å². The Morgan fingerprint density at radius 3 is 2.62 bits per heavy atom. The lowest BCUT2D eigenvalue weighted by molar-refractivity contribution is -0.121. The second kappa shape index (κ2) is 6.67. The van der Waals surface area contributed by atoms with Gasteiger partial charge in [-0.2, -0.15) is 0 Å². The molecule has 0 fully saturated rings. The van der Waals surface area contributed by atoms with Gasteiger partial charge in [-0.15, -0.1) is 0 Å². The predicted molar refractivity (Wildman–Crippen MR) is 69.3 cm³/mol. The van der Waals surface area contributed by atoms with E-state index in [9.17, 15) is 4.79 Å². The fraction of sp³-hybridized carbons (Fsp3) is 0.667. The Hall–Kier alpha value is -0.850. The first-order valence-electron chi connectivity index (χ1n) is 6.52. The van der Waals surface area contributed by atoms with Crippen molar-refractivity contribution in [2.24, 2.45) is 11.8 Å². The minimum Gasteiger partial charge on any atom is -0.300 e. The SMILES string of the molecule is CCC(CCC(C)C1=CCCC=C1)C(C)=O. The number of carbonyl (C=O) groups is 1.